The highest BCUT2D eigenvalue weighted by Gasteiger charge is 2.34. The summed E-state index contributed by atoms with van der Waals surface area (Å²) in [6, 6.07) is 14.7. The van der Waals surface area contributed by atoms with E-state index in [0.717, 1.165) is 17.7 Å². The number of fused-ring (bicyclic) bond motifs is 1. The molecule has 0 saturated heterocycles. The van der Waals surface area contributed by atoms with Crippen LogP contribution >= 0.6 is 0 Å². The molecule has 1 aliphatic rings. The number of carbonyl (C=O) groups excluding carboxylic acids is 3. The maximum Gasteiger partial charge on any atom is 0.344 e. The van der Waals surface area contributed by atoms with Crippen LogP contribution in [0.2, 0.25) is 0 Å². The Morgan fingerprint density at radius 1 is 0.886 bits per heavy atom. The minimum Gasteiger partial charge on any atom is -0.423 e. The van der Waals surface area contributed by atoms with Gasteiger partial charge in [-0.1, -0.05) is 24.3 Å². The summed E-state index contributed by atoms with van der Waals surface area (Å²) in [6.45, 7) is 1.40. The molecule has 0 saturated carbocycles. The highest BCUT2D eigenvalue weighted by molar-refractivity contribution is 6.21. The van der Waals surface area contributed by atoms with Crippen LogP contribution in [-0.2, 0) is 6.42 Å². The minimum absolute atomic E-state index is 0.116. The van der Waals surface area contributed by atoms with Gasteiger partial charge in [0.05, 0.1) is 26.5 Å². The van der Waals surface area contributed by atoms with E-state index >= 15 is 0 Å². The zero-order chi connectivity index (χ0) is 25.3. The van der Waals surface area contributed by atoms with E-state index in [9.17, 15) is 34.6 Å². The maximum atomic E-state index is 12.5. The van der Waals surface area contributed by atoms with Gasteiger partial charge in [0.25, 0.3) is 23.2 Å². The van der Waals surface area contributed by atoms with Crippen LogP contribution in [0.5, 0.6) is 5.75 Å². The lowest BCUT2D eigenvalue weighted by Gasteiger charge is -2.14. The molecule has 4 rings (SSSR count). The molecule has 11 heteroatoms. The van der Waals surface area contributed by atoms with Gasteiger partial charge in [0.2, 0.25) is 0 Å². The average Bonchev–Trinajstić information content (AvgIpc) is 3.08. The molecule has 1 aliphatic heterocycles. The Morgan fingerprint density at radius 3 is 1.89 bits per heavy atom. The molecule has 0 unspecified atom stereocenters. The Balaban J connectivity index is 1.43. The number of carbonyl (C=O) groups is 3. The molecule has 0 atom stereocenters. The molecule has 11 nitrogen and oxygen atoms in total. The van der Waals surface area contributed by atoms with Crippen molar-refractivity contribution in [1.29, 1.82) is 0 Å². The van der Waals surface area contributed by atoms with Gasteiger partial charge in [-0.3, -0.25) is 34.7 Å². The van der Waals surface area contributed by atoms with Crippen molar-refractivity contribution in [2.75, 3.05) is 6.54 Å². The van der Waals surface area contributed by atoms with Gasteiger partial charge < -0.3 is 4.74 Å². The Bertz CT molecular complexity index is 1330. The molecule has 2 amide bonds. The van der Waals surface area contributed by atoms with Crippen LogP contribution in [0.25, 0.3) is 0 Å². The van der Waals surface area contributed by atoms with Crippen molar-refractivity contribution in [3.05, 3.63) is 109 Å². The van der Waals surface area contributed by atoms with Crippen molar-refractivity contribution in [3.63, 3.8) is 0 Å². The third kappa shape index (κ3) is 4.47. The largest absolute Gasteiger partial charge is 0.423 e. The summed E-state index contributed by atoms with van der Waals surface area (Å²) in [7, 11) is 0. The molecular formula is C24H17N3O8. The fourth-order valence-electron chi connectivity index (χ4n) is 3.75. The number of imide groups is 1. The first-order chi connectivity index (χ1) is 16.7. The van der Waals surface area contributed by atoms with Crippen molar-refractivity contribution in [3.8, 4) is 5.75 Å². The molecule has 1 heterocycles. The summed E-state index contributed by atoms with van der Waals surface area (Å²) in [4.78, 5) is 59.4. The predicted octanol–water partition coefficient (Wildman–Crippen LogP) is 3.87. The van der Waals surface area contributed by atoms with E-state index in [1.165, 1.54) is 24.0 Å². The summed E-state index contributed by atoms with van der Waals surface area (Å²) in [5.74, 6) is -1.57. The van der Waals surface area contributed by atoms with Crippen LogP contribution < -0.4 is 4.74 Å². The summed E-state index contributed by atoms with van der Waals surface area (Å²) in [5.41, 5.74) is -0.109. The number of esters is 1. The second-order valence-corrected chi connectivity index (χ2v) is 7.74. The topological polar surface area (TPSA) is 150 Å². The van der Waals surface area contributed by atoms with Gasteiger partial charge in [0, 0.05) is 18.7 Å². The number of rotatable bonds is 7. The van der Waals surface area contributed by atoms with Crippen LogP contribution in [0, 0.1) is 27.2 Å². The highest BCUT2D eigenvalue weighted by Crippen LogP contribution is 2.30. The second-order valence-electron chi connectivity index (χ2n) is 7.74. The Labute approximate surface area is 197 Å². The number of ether oxygens (including phenoxy) is 1. The monoisotopic (exact) mass is 475 g/mol. The molecule has 0 bridgehead atoms. The summed E-state index contributed by atoms with van der Waals surface area (Å²) < 4.78 is 5.22. The third-order valence-corrected chi connectivity index (χ3v) is 5.62. The maximum absolute atomic E-state index is 12.5. The van der Waals surface area contributed by atoms with Crippen LogP contribution in [0.4, 0.5) is 11.4 Å². The van der Waals surface area contributed by atoms with E-state index < -0.39 is 27.2 Å². The first-order valence-electron chi connectivity index (χ1n) is 10.4. The normalized spacial score (nSPS) is 12.4. The lowest BCUT2D eigenvalue weighted by atomic mass is 10.1. The fraction of sp³-hybridized carbons (Fsp3) is 0.125. The molecule has 3 aromatic carbocycles. The second kappa shape index (κ2) is 9.14. The standard InChI is InChI=1S/C24H17N3O8/c1-14-20(26(31)32)12-16(13-21(14)27(33)34)24(30)35-17-8-6-15(7-9-17)10-11-25-22(28)18-4-2-3-5-19(18)23(25)29/h2-9,12-13H,10-11H2,1H3. The molecule has 3 aromatic rings. The summed E-state index contributed by atoms with van der Waals surface area (Å²) in [6.07, 6.45) is 0.371. The van der Waals surface area contributed by atoms with Crippen molar-refractivity contribution in [1.82, 2.24) is 4.90 Å². The molecule has 0 aliphatic carbocycles. The molecule has 176 valence electrons. The van der Waals surface area contributed by atoms with Gasteiger partial charge in [-0.2, -0.15) is 0 Å². The van der Waals surface area contributed by atoms with E-state index in [0.29, 0.717) is 17.5 Å². The molecule has 0 spiro atoms. The van der Waals surface area contributed by atoms with Gasteiger partial charge in [-0.15, -0.1) is 0 Å². The first kappa shape index (κ1) is 23.2. The number of amides is 2. The highest BCUT2D eigenvalue weighted by atomic mass is 16.6. The van der Waals surface area contributed by atoms with Crippen molar-refractivity contribution < 1.29 is 29.0 Å². The zero-order valence-corrected chi connectivity index (χ0v) is 18.3. The van der Waals surface area contributed by atoms with Crippen LogP contribution in [0.3, 0.4) is 0 Å². The van der Waals surface area contributed by atoms with E-state index in [4.69, 9.17) is 4.74 Å². The number of hydrogen-bond acceptors (Lipinski definition) is 8. The van der Waals surface area contributed by atoms with Gasteiger partial charge in [0.15, 0.2) is 0 Å². The van der Waals surface area contributed by atoms with Crippen LogP contribution in [-0.4, -0.2) is 39.1 Å². The van der Waals surface area contributed by atoms with Gasteiger partial charge in [-0.25, -0.2) is 4.79 Å². The SMILES string of the molecule is Cc1c([N+](=O)[O-])cc(C(=O)Oc2ccc(CCN3C(=O)c4ccccc4C3=O)cc2)cc1[N+](=O)[O-]. The summed E-state index contributed by atoms with van der Waals surface area (Å²) in [5, 5.41) is 22.4. The van der Waals surface area contributed by atoms with Gasteiger partial charge in [0.1, 0.15) is 11.3 Å². The third-order valence-electron chi connectivity index (χ3n) is 5.62. The molecule has 35 heavy (non-hydrogen) atoms. The van der Waals surface area contributed by atoms with E-state index in [1.54, 1.807) is 36.4 Å². The summed E-state index contributed by atoms with van der Waals surface area (Å²) >= 11 is 0. The Morgan fingerprint density at radius 2 is 1.40 bits per heavy atom. The van der Waals surface area contributed by atoms with Crippen LogP contribution in [0.15, 0.2) is 60.7 Å². The quantitative estimate of drug-likeness (QED) is 0.164. The average molecular weight is 475 g/mol. The van der Waals surface area contributed by atoms with E-state index in [1.807, 2.05) is 0 Å². The smallest absolute Gasteiger partial charge is 0.344 e. The van der Waals surface area contributed by atoms with Crippen molar-refractivity contribution in [2.24, 2.45) is 0 Å². The molecule has 0 fully saturated rings. The van der Waals surface area contributed by atoms with Gasteiger partial charge in [-0.05, 0) is 43.2 Å². The first-order valence-corrected chi connectivity index (χ1v) is 10.4. The number of hydrogen-bond donors (Lipinski definition) is 0. The Kier molecular flexibility index (Phi) is 6.07. The number of benzene rings is 3. The lowest BCUT2D eigenvalue weighted by Crippen LogP contribution is -2.31. The lowest BCUT2D eigenvalue weighted by molar-refractivity contribution is -0.395. The van der Waals surface area contributed by atoms with E-state index in [-0.39, 0.29) is 35.2 Å². The minimum atomic E-state index is -0.991. The predicted molar refractivity (Wildman–Crippen MR) is 121 cm³/mol. The fourth-order valence-corrected chi connectivity index (χ4v) is 3.75. The van der Waals surface area contributed by atoms with Gasteiger partial charge >= 0.3 is 5.97 Å². The molecule has 0 N–H and O–H groups in total. The Hall–Kier alpha value is -4.93. The van der Waals surface area contributed by atoms with Crippen molar-refractivity contribution in [2.45, 2.75) is 13.3 Å². The number of nitrogens with zero attached hydrogens (tertiary/aromatic N) is 3. The van der Waals surface area contributed by atoms with Crippen molar-refractivity contribution >= 4 is 29.2 Å². The van der Waals surface area contributed by atoms with Crippen LogP contribution in [0.1, 0.15) is 42.2 Å². The zero-order valence-electron chi connectivity index (χ0n) is 18.3. The van der Waals surface area contributed by atoms with E-state index in [2.05, 4.69) is 0 Å². The molecular weight excluding hydrogens is 458 g/mol. The number of nitro benzene ring substituents is 2. The molecule has 0 aromatic heterocycles. The molecule has 0 radical (unpaired) electrons. The number of nitro groups is 2.